The van der Waals surface area contributed by atoms with Gasteiger partial charge in [0, 0.05) is 18.2 Å². The Morgan fingerprint density at radius 2 is 2.19 bits per heavy atom. The van der Waals surface area contributed by atoms with Crippen molar-refractivity contribution < 1.29 is 22.7 Å². The van der Waals surface area contributed by atoms with Gasteiger partial charge in [0.1, 0.15) is 5.15 Å². The molecule has 0 aromatic carbocycles. The van der Waals surface area contributed by atoms with Crippen molar-refractivity contribution in [3.63, 3.8) is 0 Å². The zero-order valence-electron chi connectivity index (χ0n) is 15.4. The second-order valence-electron chi connectivity index (χ2n) is 6.44. The summed E-state index contributed by atoms with van der Waals surface area (Å²) in [6.45, 7) is 3.93. The Hall–Kier alpha value is -1.87. The molecule has 1 saturated heterocycles. The van der Waals surface area contributed by atoms with E-state index in [2.05, 4.69) is 10.4 Å². The summed E-state index contributed by atoms with van der Waals surface area (Å²) in [5.41, 5.74) is 1.09. The third-order valence-corrected chi connectivity index (χ3v) is 6.34. The fourth-order valence-corrected chi connectivity index (χ4v) is 4.79. The van der Waals surface area contributed by atoms with Crippen molar-refractivity contribution in [1.82, 2.24) is 15.1 Å². The lowest BCUT2D eigenvalue weighted by atomic mass is 10.2. The standard InChI is InChI=1S/C17H24ClN3O5S/c1-3-4-8-19-15(22)10-26-16(23)6-5-14-12(2)20-21(17(14)18)13-7-9-27(24,25)11-13/h5-6,13H,3-4,7-11H2,1-2H3,(H,19,22). The number of rotatable bonds is 8. The van der Waals surface area contributed by atoms with E-state index in [1.54, 1.807) is 6.92 Å². The maximum absolute atomic E-state index is 11.8. The lowest BCUT2D eigenvalue weighted by Crippen LogP contribution is -2.29. The van der Waals surface area contributed by atoms with Crippen LogP contribution in [0.4, 0.5) is 0 Å². The van der Waals surface area contributed by atoms with Crippen molar-refractivity contribution in [2.75, 3.05) is 24.7 Å². The van der Waals surface area contributed by atoms with Crippen LogP contribution in [0.1, 0.15) is 43.5 Å². The Morgan fingerprint density at radius 3 is 2.81 bits per heavy atom. The number of nitrogens with one attached hydrogen (secondary N) is 1. The summed E-state index contributed by atoms with van der Waals surface area (Å²) in [5.74, 6) is -0.904. The highest BCUT2D eigenvalue weighted by molar-refractivity contribution is 7.91. The highest BCUT2D eigenvalue weighted by Crippen LogP contribution is 2.30. The molecule has 10 heteroatoms. The van der Waals surface area contributed by atoms with Gasteiger partial charge < -0.3 is 10.1 Å². The number of nitrogens with zero attached hydrogens (tertiary/aromatic N) is 2. The molecule has 150 valence electrons. The molecule has 2 heterocycles. The average molecular weight is 418 g/mol. The molecule has 1 aliphatic rings. The van der Waals surface area contributed by atoms with Crippen LogP contribution >= 0.6 is 11.6 Å². The molecule has 27 heavy (non-hydrogen) atoms. The third-order valence-electron chi connectivity index (χ3n) is 4.21. The number of halogens is 1. The van der Waals surface area contributed by atoms with E-state index in [-0.39, 0.29) is 35.2 Å². The summed E-state index contributed by atoms with van der Waals surface area (Å²) < 4.78 is 29.7. The number of aromatic nitrogens is 2. The van der Waals surface area contributed by atoms with Crippen LogP contribution in [0.3, 0.4) is 0 Å². The maximum atomic E-state index is 11.8. The average Bonchev–Trinajstić information content (AvgIpc) is 3.10. The Bertz CT molecular complexity index is 832. The van der Waals surface area contributed by atoms with Crippen LogP contribution in [0.5, 0.6) is 0 Å². The van der Waals surface area contributed by atoms with Crippen molar-refractivity contribution in [3.05, 3.63) is 22.5 Å². The van der Waals surface area contributed by atoms with E-state index in [0.29, 0.717) is 24.2 Å². The number of hydrogen-bond acceptors (Lipinski definition) is 6. The molecule has 0 spiro atoms. The quantitative estimate of drug-likeness (QED) is 0.391. The molecule has 8 nitrogen and oxygen atoms in total. The fraction of sp³-hybridized carbons (Fsp3) is 0.588. The molecule has 0 aliphatic carbocycles. The first-order chi connectivity index (χ1) is 12.7. The minimum Gasteiger partial charge on any atom is -0.452 e. The van der Waals surface area contributed by atoms with Gasteiger partial charge in [-0.05, 0) is 25.8 Å². The highest BCUT2D eigenvalue weighted by atomic mass is 35.5. The van der Waals surface area contributed by atoms with E-state index < -0.39 is 15.8 Å². The van der Waals surface area contributed by atoms with Gasteiger partial charge >= 0.3 is 5.97 Å². The maximum Gasteiger partial charge on any atom is 0.331 e. The molecule has 1 unspecified atom stereocenters. The molecular weight excluding hydrogens is 394 g/mol. The van der Waals surface area contributed by atoms with E-state index in [1.807, 2.05) is 6.92 Å². The monoisotopic (exact) mass is 417 g/mol. The summed E-state index contributed by atoms with van der Waals surface area (Å²) in [6.07, 6.45) is 4.92. The SMILES string of the molecule is CCCCNC(=O)COC(=O)C=Cc1c(C)nn(C2CCS(=O)(=O)C2)c1Cl. The van der Waals surface area contributed by atoms with Crippen molar-refractivity contribution in [2.45, 2.75) is 39.2 Å². The van der Waals surface area contributed by atoms with Gasteiger partial charge in [0.15, 0.2) is 16.4 Å². The number of esters is 1. The number of hydrogen-bond donors (Lipinski definition) is 1. The molecule has 2 rings (SSSR count). The molecule has 0 saturated carbocycles. The summed E-state index contributed by atoms with van der Waals surface area (Å²) in [7, 11) is -3.06. The highest BCUT2D eigenvalue weighted by Gasteiger charge is 2.31. The van der Waals surface area contributed by atoms with Crippen molar-refractivity contribution in [1.29, 1.82) is 0 Å². The van der Waals surface area contributed by atoms with Crippen LogP contribution < -0.4 is 5.32 Å². The van der Waals surface area contributed by atoms with Crippen LogP contribution in [-0.4, -0.2) is 54.7 Å². The molecule has 1 fully saturated rings. The number of sulfone groups is 1. The minimum absolute atomic E-state index is 0.00613. The molecule has 1 atom stereocenters. The molecule has 0 bridgehead atoms. The first-order valence-electron chi connectivity index (χ1n) is 8.80. The van der Waals surface area contributed by atoms with E-state index in [1.165, 1.54) is 16.8 Å². The van der Waals surface area contributed by atoms with Gasteiger partial charge in [-0.15, -0.1) is 0 Å². The number of aryl methyl sites for hydroxylation is 1. The van der Waals surface area contributed by atoms with Crippen molar-refractivity contribution in [2.24, 2.45) is 0 Å². The molecular formula is C17H24ClN3O5S. The smallest absolute Gasteiger partial charge is 0.331 e. The van der Waals surface area contributed by atoms with Crippen LogP contribution in [0.25, 0.3) is 6.08 Å². The van der Waals surface area contributed by atoms with E-state index in [4.69, 9.17) is 16.3 Å². The lowest BCUT2D eigenvalue weighted by Gasteiger charge is -2.09. The molecule has 1 N–H and O–H groups in total. The van der Waals surface area contributed by atoms with Gasteiger partial charge in [0.2, 0.25) is 0 Å². The molecule has 1 aromatic rings. The summed E-state index contributed by atoms with van der Waals surface area (Å²) >= 11 is 6.32. The fourth-order valence-electron chi connectivity index (χ4n) is 2.72. The Balaban J connectivity index is 1.95. The molecule has 1 amide bonds. The van der Waals surface area contributed by atoms with Gasteiger partial charge in [0.25, 0.3) is 5.91 Å². The van der Waals surface area contributed by atoms with Gasteiger partial charge in [0.05, 0.1) is 23.2 Å². The van der Waals surface area contributed by atoms with E-state index >= 15 is 0 Å². The zero-order valence-corrected chi connectivity index (χ0v) is 17.0. The van der Waals surface area contributed by atoms with Gasteiger partial charge in [-0.1, -0.05) is 24.9 Å². The first-order valence-corrected chi connectivity index (χ1v) is 11.0. The normalized spacial score (nSPS) is 18.7. The van der Waals surface area contributed by atoms with Crippen molar-refractivity contribution in [3.8, 4) is 0 Å². The van der Waals surface area contributed by atoms with Gasteiger partial charge in [-0.2, -0.15) is 5.10 Å². The Morgan fingerprint density at radius 1 is 1.44 bits per heavy atom. The van der Waals surface area contributed by atoms with E-state index in [0.717, 1.165) is 12.8 Å². The van der Waals surface area contributed by atoms with Crippen LogP contribution in [-0.2, 0) is 24.2 Å². The second kappa shape index (κ2) is 9.36. The van der Waals surface area contributed by atoms with Crippen LogP contribution in [0, 0.1) is 6.92 Å². The van der Waals surface area contributed by atoms with Crippen LogP contribution in [0.15, 0.2) is 6.08 Å². The lowest BCUT2D eigenvalue weighted by molar-refractivity contribution is -0.143. The largest absolute Gasteiger partial charge is 0.452 e. The summed E-state index contributed by atoms with van der Waals surface area (Å²) in [6, 6.07) is -0.304. The predicted molar refractivity (Wildman–Crippen MR) is 102 cm³/mol. The number of carbonyl (C=O) groups is 2. The molecule has 0 radical (unpaired) electrons. The van der Waals surface area contributed by atoms with Crippen LogP contribution in [0.2, 0.25) is 5.15 Å². The molecule has 1 aliphatic heterocycles. The van der Waals surface area contributed by atoms with Gasteiger partial charge in [-0.3, -0.25) is 4.79 Å². The third kappa shape index (κ3) is 6.07. The predicted octanol–water partition coefficient (Wildman–Crippen LogP) is 1.68. The number of ether oxygens (including phenoxy) is 1. The number of carbonyl (C=O) groups excluding carboxylic acids is 2. The topological polar surface area (TPSA) is 107 Å². The Labute approximate surface area is 163 Å². The number of amides is 1. The zero-order chi connectivity index (χ0) is 20.0. The molecule has 1 aromatic heterocycles. The second-order valence-corrected chi connectivity index (χ2v) is 9.02. The summed E-state index contributed by atoms with van der Waals surface area (Å²) in [5, 5.41) is 7.23. The van der Waals surface area contributed by atoms with Crippen molar-refractivity contribution >= 4 is 39.4 Å². The Kier molecular flexibility index (Phi) is 7.43. The summed E-state index contributed by atoms with van der Waals surface area (Å²) in [4.78, 5) is 23.3. The number of unbranched alkanes of at least 4 members (excludes halogenated alkanes) is 1. The van der Waals surface area contributed by atoms with Gasteiger partial charge in [-0.25, -0.2) is 17.9 Å². The van der Waals surface area contributed by atoms with E-state index in [9.17, 15) is 18.0 Å². The minimum atomic E-state index is -3.06. The first kappa shape index (κ1) is 21.4.